The minimum atomic E-state index is -1.16. The predicted octanol–water partition coefficient (Wildman–Crippen LogP) is 4.51. The Balaban J connectivity index is 0.000000277. The van der Waals surface area contributed by atoms with Gasteiger partial charge in [-0.05, 0) is 93.3 Å². The van der Waals surface area contributed by atoms with Gasteiger partial charge in [-0.3, -0.25) is 9.59 Å². The second kappa shape index (κ2) is 16.3. The molecule has 1 saturated carbocycles. The number of ether oxygens (including phenoxy) is 1. The van der Waals surface area contributed by atoms with Crippen molar-refractivity contribution in [2.75, 3.05) is 39.4 Å². The Morgan fingerprint density at radius 2 is 1.68 bits per heavy atom. The zero-order valence-electron chi connectivity index (χ0n) is 26.9. The van der Waals surface area contributed by atoms with Crippen molar-refractivity contribution in [3.05, 3.63) is 71.7 Å². The summed E-state index contributed by atoms with van der Waals surface area (Å²) in [5.74, 6) is -0.801. The third-order valence-electron chi connectivity index (χ3n) is 9.67. The molecule has 3 fully saturated rings. The topological polar surface area (TPSA) is 147 Å². The number of halogens is 1. The Hall–Kier alpha value is -3.80. The predicted molar refractivity (Wildman–Crippen MR) is 176 cm³/mol. The van der Waals surface area contributed by atoms with Gasteiger partial charge in [0.15, 0.2) is 0 Å². The minimum Gasteiger partial charge on any atom is -0.475 e. The van der Waals surface area contributed by atoms with E-state index < -0.39 is 23.4 Å². The number of piperidine rings is 1. The van der Waals surface area contributed by atoms with E-state index in [2.05, 4.69) is 15.5 Å². The van der Waals surface area contributed by atoms with E-state index in [9.17, 15) is 18.8 Å². The zero-order valence-corrected chi connectivity index (χ0v) is 26.9. The summed E-state index contributed by atoms with van der Waals surface area (Å²) in [6.45, 7) is 5.83. The molecule has 1 aliphatic carbocycles. The highest BCUT2D eigenvalue weighted by atomic mass is 19.1. The van der Waals surface area contributed by atoms with Gasteiger partial charge in [0.2, 0.25) is 17.6 Å². The molecule has 47 heavy (non-hydrogen) atoms. The number of hydrogen-bond donors (Lipinski definition) is 4. The number of nitrogens with zero attached hydrogens (tertiary/aromatic N) is 1. The van der Waals surface area contributed by atoms with Crippen LogP contribution in [0.4, 0.5) is 4.39 Å². The number of nitrogens with two attached hydrogens (primary N) is 1. The van der Waals surface area contributed by atoms with Crippen molar-refractivity contribution in [3.63, 3.8) is 0 Å². The van der Waals surface area contributed by atoms with E-state index in [1.54, 1.807) is 0 Å². The smallest absolute Gasteiger partial charge is 0.371 e. The van der Waals surface area contributed by atoms with Crippen LogP contribution in [0.2, 0.25) is 0 Å². The molecule has 0 radical (unpaired) electrons. The van der Waals surface area contributed by atoms with Gasteiger partial charge in [0.25, 0.3) is 0 Å². The number of amides is 2. The number of rotatable bonds is 10. The number of carbonyl (C=O) groups excluding carboxylic acids is 2. The summed E-state index contributed by atoms with van der Waals surface area (Å²) in [5.41, 5.74) is 6.92. The van der Waals surface area contributed by atoms with Crippen LogP contribution >= 0.6 is 0 Å². The zero-order chi connectivity index (χ0) is 33.2. The van der Waals surface area contributed by atoms with Gasteiger partial charge in [0, 0.05) is 38.1 Å². The normalized spacial score (nSPS) is 19.4. The number of fused-ring (bicyclic) bond motifs is 1. The first-order chi connectivity index (χ1) is 22.7. The average molecular weight is 651 g/mol. The van der Waals surface area contributed by atoms with Gasteiger partial charge in [0.05, 0.1) is 5.54 Å². The molecule has 10 nitrogen and oxygen atoms in total. The molecule has 254 valence electrons. The van der Waals surface area contributed by atoms with Gasteiger partial charge in [-0.15, -0.1) is 0 Å². The fraction of sp³-hybridized carbons (Fsp3) is 0.528. The molecule has 3 aliphatic rings. The Labute approximate surface area is 275 Å². The number of benzene rings is 2. The van der Waals surface area contributed by atoms with Crippen LogP contribution in [0.5, 0.6) is 0 Å². The van der Waals surface area contributed by atoms with E-state index in [4.69, 9.17) is 20.0 Å². The molecule has 6 rings (SSSR count). The highest BCUT2D eigenvalue weighted by Crippen LogP contribution is 2.27. The number of carbonyl (C=O) groups is 3. The first-order valence-corrected chi connectivity index (χ1v) is 16.8. The van der Waals surface area contributed by atoms with Crippen molar-refractivity contribution in [2.45, 2.75) is 69.4 Å². The maximum absolute atomic E-state index is 13.2. The maximum Gasteiger partial charge on any atom is 0.371 e. The fourth-order valence-corrected chi connectivity index (χ4v) is 6.75. The third kappa shape index (κ3) is 9.85. The summed E-state index contributed by atoms with van der Waals surface area (Å²) in [5, 5.41) is 15.2. The van der Waals surface area contributed by atoms with Crippen molar-refractivity contribution in [1.29, 1.82) is 0 Å². The number of carboxylic acid groups (broad SMARTS) is 1. The Morgan fingerprint density at radius 1 is 0.979 bits per heavy atom. The second-order valence-electron chi connectivity index (χ2n) is 13.2. The largest absolute Gasteiger partial charge is 0.475 e. The van der Waals surface area contributed by atoms with Gasteiger partial charge in [0.1, 0.15) is 17.4 Å². The number of likely N-dealkylation sites (tertiary alicyclic amines) is 1. The van der Waals surface area contributed by atoms with Gasteiger partial charge in [-0.1, -0.05) is 43.2 Å². The van der Waals surface area contributed by atoms with Gasteiger partial charge in [-0.25, -0.2) is 9.18 Å². The third-order valence-corrected chi connectivity index (χ3v) is 9.67. The SMILES string of the molecule is NC1(C(=O)N[C@H](Cc2ccccc2)C(=O)NCC2CCN(CC3CCOCC3)CC2)CCCC1.O=C(O)c1cc2cc(F)ccc2o1. The number of aromatic carboxylic acids is 1. The van der Waals surface area contributed by atoms with E-state index in [1.165, 1.54) is 43.7 Å². The lowest BCUT2D eigenvalue weighted by Crippen LogP contribution is -2.58. The minimum absolute atomic E-state index is 0.108. The maximum atomic E-state index is 13.2. The van der Waals surface area contributed by atoms with Crippen LogP contribution in [0.1, 0.15) is 67.5 Å². The van der Waals surface area contributed by atoms with Gasteiger partial charge >= 0.3 is 5.97 Å². The first kappa shape index (κ1) is 34.5. The number of hydrogen-bond acceptors (Lipinski definition) is 7. The summed E-state index contributed by atoms with van der Waals surface area (Å²) in [6.07, 6.45) is 8.33. The molecule has 11 heteroatoms. The Morgan fingerprint density at radius 3 is 2.36 bits per heavy atom. The second-order valence-corrected chi connectivity index (χ2v) is 13.2. The standard InChI is InChI=1S/C27H42N4O3.C9H5FO3/c28-27(12-4-5-13-27)26(33)30-24(18-21-6-2-1-3-7-21)25(32)29-19-22-8-14-31(15-9-22)20-23-10-16-34-17-11-23;10-6-1-2-7-5(3-6)4-8(13-7)9(11)12/h1-3,6-7,22-24H,4-5,8-20,28H2,(H,29,32)(H,30,33);1-4H,(H,11,12)/t24-;/m1./s1. The summed E-state index contributed by atoms with van der Waals surface area (Å²) < 4.78 is 23.1. The number of carboxylic acids is 1. The van der Waals surface area contributed by atoms with Crippen LogP contribution in [0.25, 0.3) is 11.0 Å². The summed E-state index contributed by atoms with van der Waals surface area (Å²) in [4.78, 5) is 39.2. The molecular weight excluding hydrogens is 603 g/mol. The molecule has 3 heterocycles. The molecule has 2 aliphatic heterocycles. The quantitative estimate of drug-likeness (QED) is 0.251. The molecule has 3 aromatic rings. The molecule has 2 aromatic carbocycles. The average Bonchev–Trinajstić information content (AvgIpc) is 3.72. The molecule has 0 bridgehead atoms. The van der Waals surface area contributed by atoms with Crippen LogP contribution in [0, 0.1) is 17.7 Å². The summed E-state index contributed by atoms with van der Waals surface area (Å²) in [6, 6.07) is 14.4. The van der Waals surface area contributed by atoms with Gasteiger partial charge < -0.3 is 35.5 Å². The Bertz CT molecular complexity index is 1480. The molecule has 5 N–H and O–H groups in total. The monoisotopic (exact) mass is 650 g/mol. The number of nitrogens with one attached hydrogen (secondary N) is 2. The van der Waals surface area contributed by atoms with Gasteiger partial charge in [-0.2, -0.15) is 0 Å². The first-order valence-electron chi connectivity index (χ1n) is 16.8. The van der Waals surface area contributed by atoms with Crippen LogP contribution in [0.15, 0.2) is 59.0 Å². The molecule has 2 amide bonds. The lowest BCUT2D eigenvalue weighted by Gasteiger charge is -2.35. The molecule has 1 aromatic heterocycles. The van der Waals surface area contributed by atoms with Crippen molar-refractivity contribution < 1.29 is 33.0 Å². The van der Waals surface area contributed by atoms with Crippen LogP contribution in [-0.4, -0.2) is 78.8 Å². The van der Waals surface area contributed by atoms with Crippen molar-refractivity contribution >= 4 is 28.8 Å². The van der Waals surface area contributed by atoms with Crippen molar-refractivity contribution in [1.82, 2.24) is 15.5 Å². The molecule has 0 unspecified atom stereocenters. The van der Waals surface area contributed by atoms with Crippen LogP contribution in [-0.2, 0) is 20.7 Å². The van der Waals surface area contributed by atoms with Crippen LogP contribution < -0.4 is 16.4 Å². The van der Waals surface area contributed by atoms with Crippen molar-refractivity contribution in [2.24, 2.45) is 17.6 Å². The molecule has 0 spiro atoms. The lowest BCUT2D eigenvalue weighted by molar-refractivity contribution is -0.132. The highest BCUT2D eigenvalue weighted by Gasteiger charge is 2.39. The highest BCUT2D eigenvalue weighted by molar-refractivity contribution is 5.92. The van der Waals surface area contributed by atoms with E-state index in [0.717, 1.165) is 63.5 Å². The summed E-state index contributed by atoms with van der Waals surface area (Å²) in [7, 11) is 0. The van der Waals surface area contributed by atoms with E-state index in [1.807, 2.05) is 30.3 Å². The molecule has 1 atom stereocenters. The fourth-order valence-electron chi connectivity index (χ4n) is 6.75. The van der Waals surface area contributed by atoms with E-state index in [0.29, 0.717) is 42.7 Å². The summed E-state index contributed by atoms with van der Waals surface area (Å²) >= 11 is 0. The van der Waals surface area contributed by atoms with E-state index in [-0.39, 0.29) is 17.6 Å². The van der Waals surface area contributed by atoms with Crippen molar-refractivity contribution in [3.8, 4) is 0 Å². The lowest BCUT2D eigenvalue weighted by atomic mass is 9.93. The molecule has 2 saturated heterocycles. The Kier molecular flexibility index (Phi) is 12.0. The number of furan rings is 1. The van der Waals surface area contributed by atoms with Crippen LogP contribution in [0.3, 0.4) is 0 Å². The van der Waals surface area contributed by atoms with E-state index >= 15 is 0 Å². The molecular formula is C36H47FN4O6.